The SMILES string of the molecule is N#CC(C#N)=CNc1cc(F)c([N+](=O)[O-])cc1Cl. The van der Waals surface area contributed by atoms with Crippen LogP contribution in [0.3, 0.4) is 0 Å². The average Bonchev–Trinajstić information content (AvgIpc) is 2.33. The number of hydrogen-bond acceptors (Lipinski definition) is 5. The van der Waals surface area contributed by atoms with Crippen molar-refractivity contribution < 1.29 is 9.31 Å². The van der Waals surface area contributed by atoms with E-state index in [-0.39, 0.29) is 16.3 Å². The van der Waals surface area contributed by atoms with Crippen LogP contribution in [0.25, 0.3) is 0 Å². The molecule has 1 N–H and O–H groups in total. The summed E-state index contributed by atoms with van der Waals surface area (Å²) in [5.41, 5.74) is -0.983. The Bertz CT molecular complexity index is 600. The van der Waals surface area contributed by atoms with Crippen molar-refractivity contribution in [2.75, 3.05) is 5.32 Å². The molecule has 18 heavy (non-hydrogen) atoms. The molecule has 0 saturated carbocycles. The highest BCUT2D eigenvalue weighted by Gasteiger charge is 2.17. The van der Waals surface area contributed by atoms with Crippen LogP contribution in [0, 0.1) is 38.6 Å². The van der Waals surface area contributed by atoms with Gasteiger partial charge in [0, 0.05) is 18.3 Å². The molecule has 0 fully saturated rings. The van der Waals surface area contributed by atoms with Crippen LogP contribution in [0.2, 0.25) is 5.02 Å². The minimum atomic E-state index is -1.07. The third-order valence-corrected chi connectivity index (χ3v) is 2.16. The number of nitrogens with zero attached hydrogens (tertiary/aromatic N) is 3. The van der Waals surface area contributed by atoms with E-state index in [2.05, 4.69) is 5.32 Å². The summed E-state index contributed by atoms with van der Waals surface area (Å²) in [6.45, 7) is 0. The first-order chi connectivity index (χ1) is 8.49. The molecule has 0 heterocycles. The number of nitriles is 2. The summed E-state index contributed by atoms with van der Waals surface area (Å²) >= 11 is 5.69. The van der Waals surface area contributed by atoms with Crippen molar-refractivity contribution in [1.82, 2.24) is 0 Å². The van der Waals surface area contributed by atoms with E-state index in [0.717, 1.165) is 18.3 Å². The normalized spacial score (nSPS) is 8.89. The number of nitro groups is 1. The van der Waals surface area contributed by atoms with Crippen molar-refractivity contribution >= 4 is 23.0 Å². The summed E-state index contributed by atoms with van der Waals surface area (Å²) in [6, 6.07) is 4.80. The van der Waals surface area contributed by atoms with E-state index in [4.69, 9.17) is 22.1 Å². The Morgan fingerprint density at radius 1 is 1.50 bits per heavy atom. The van der Waals surface area contributed by atoms with Gasteiger partial charge < -0.3 is 5.32 Å². The maximum Gasteiger partial charge on any atom is 0.306 e. The van der Waals surface area contributed by atoms with Crippen molar-refractivity contribution in [3.8, 4) is 12.1 Å². The van der Waals surface area contributed by atoms with Gasteiger partial charge in [0.1, 0.15) is 17.7 Å². The summed E-state index contributed by atoms with van der Waals surface area (Å²) in [5, 5.41) is 29.7. The summed E-state index contributed by atoms with van der Waals surface area (Å²) < 4.78 is 13.3. The minimum absolute atomic E-state index is 0.0165. The summed E-state index contributed by atoms with van der Waals surface area (Å²) in [7, 11) is 0. The molecule has 0 saturated heterocycles. The molecule has 0 bridgehead atoms. The van der Waals surface area contributed by atoms with E-state index in [0.29, 0.717) is 0 Å². The highest BCUT2D eigenvalue weighted by molar-refractivity contribution is 6.33. The van der Waals surface area contributed by atoms with Gasteiger partial charge >= 0.3 is 5.69 Å². The Morgan fingerprint density at radius 2 is 2.11 bits per heavy atom. The Balaban J connectivity index is 3.11. The largest absolute Gasteiger partial charge is 0.359 e. The van der Waals surface area contributed by atoms with Crippen LogP contribution in [0.5, 0.6) is 0 Å². The molecule has 0 aliphatic heterocycles. The average molecular weight is 267 g/mol. The van der Waals surface area contributed by atoms with Crippen LogP contribution < -0.4 is 5.32 Å². The number of halogens is 2. The summed E-state index contributed by atoms with van der Waals surface area (Å²) in [6.07, 6.45) is 1.02. The van der Waals surface area contributed by atoms with Gasteiger partial charge in [0.05, 0.1) is 15.6 Å². The van der Waals surface area contributed by atoms with Gasteiger partial charge in [-0.25, -0.2) is 0 Å². The second-order valence-electron chi connectivity index (χ2n) is 2.97. The fourth-order valence-corrected chi connectivity index (χ4v) is 1.24. The molecule has 0 radical (unpaired) electrons. The lowest BCUT2D eigenvalue weighted by Gasteiger charge is -2.04. The molecule has 1 rings (SSSR count). The van der Waals surface area contributed by atoms with Crippen LogP contribution >= 0.6 is 11.6 Å². The van der Waals surface area contributed by atoms with E-state index in [1.54, 1.807) is 12.1 Å². The molecule has 1 aromatic rings. The lowest BCUT2D eigenvalue weighted by Crippen LogP contribution is -1.96. The fraction of sp³-hybridized carbons (Fsp3) is 0. The molecule has 8 heteroatoms. The lowest BCUT2D eigenvalue weighted by atomic mass is 10.2. The molecular formula is C10H4ClFN4O2. The first kappa shape index (κ1) is 13.4. The van der Waals surface area contributed by atoms with Crippen molar-refractivity contribution in [2.45, 2.75) is 0 Å². The van der Waals surface area contributed by atoms with Gasteiger partial charge in [0.15, 0.2) is 0 Å². The smallest absolute Gasteiger partial charge is 0.306 e. The van der Waals surface area contributed by atoms with E-state index in [9.17, 15) is 14.5 Å². The Kier molecular flexibility index (Phi) is 4.19. The highest BCUT2D eigenvalue weighted by Crippen LogP contribution is 2.29. The van der Waals surface area contributed by atoms with E-state index >= 15 is 0 Å². The zero-order chi connectivity index (χ0) is 13.7. The lowest BCUT2D eigenvalue weighted by molar-refractivity contribution is -0.387. The zero-order valence-electron chi connectivity index (χ0n) is 8.65. The molecule has 0 amide bonds. The maximum absolute atomic E-state index is 13.3. The van der Waals surface area contributed by atoms with Gasteiger partial charge in [-0.1, -0.05) is 11.6 Å². The first-order valence-electron chi connectivity index (χ1n) is 4.40. The Morgan fingerprint density at radius 3 is 2.61 bits per heavy atom. The molecule has 0 spiro atoms. The number of benzene rings is 1. The molecule has 0 aliphatic carbocycles. The number of nitrogens with one attached hydrogen (secondary N) is 1. The Hall–Kier alpha value is -2.64. The minimum Gasteiger partial charge on any atom is -0.359 e. The predicted molar refractivity (Wildman–Crippen MR) is 61.0 cm³/mol. The Labute approximate surface area is 106 Å². The molecule has 1 aromatic carbocycles. The molecule has 0 unspecified atom stereocenters. The number of nitro benzene ring substituents is 1. The third kappa shape index (κ3) is 2.94. The maximum atomic E-state index is 13.3. The van der Waals surface area contributed by atoms with Gasteiger partial charge in [0.2, 0.25) is 5.82 Å². The first-order valence-corrected chi connectivity index (χ1v) is 4.77. The monoisotopic (exact) mass is 266 g/mol. The van der Waals surface area contributed by atoms with Crippen molar-refractivity contribution in [3.63, 3.8) is 0 Å². The van der Waals surface area contributed by atoms with Crippen LogP contribution in [0.15, 0.2) is 23.9 Å². The fourth-order valence-electron chi connectivity index (χ4n) is 1.03. The number of rotatable bonds is 3. The summed E-state index contributed by atoms with van der Waals surface area (Å²) in [5.74, 6) is -1.07. The zero-order valence-corrected chi connectivity index (χ0v) is 9.40. The second kappa shape index (κ2) is 5.62. The second-order valence-corrected chi connectivity index (χ2v) is 3.37. The van der Waals surface area contributed by atoms with Crippen LogP contribution in [0.1, 0.15) is 0 Å². The molecule has 0 aliphatic rings. The van der Waals surface area contributed by atoms with Gasteiger partial charge in [-0.15, -0.1) is 0 Å². The van der Waals surface area contributed by atoms with E-state index in [1.807, 2.05) is 0 Å². The van der Waals surface area contributed by atoms with Crippen molar-refractivity contribution in [1.29, 1.82) is 10.5 Å². The van der Waals surface area contributed by atoms with Gasteiger partial charge in [-0.3, -0.25) is 10.1 Å². The number of allylic oxidation sites excluding steroid dienone is 1. The molecule has 90 valence electrons. The van der Waals surface area contributed by atoms with E-state index in [1.165, 1.54) is 0 Å². The predicted octanol–water partition coefficient (Wildman–Crippen LogP) is 2.73. The quantitative estimate of drug-likeness (QED) is 0.515. The number of hydrogen-bond donors (Lipinski definition) is 1. The van der Waals surface area contributed by atoms with Crippen LogP contribution in [-0.4, -0.2) is 4.92 Å². The van der Waals surface area contributed by atoms with Gasteiger partial charge in [-0.05, 0) is 0 Å². The van der Waals surface area contributed by atoms with Crippen LogP contribution in [-0.2, 0) is 0 Å². The molecule has 0 atom stereocenters. The molecule has 0 aromatic heterocycles. The number of anilines is 1. The van der Waals surface area contributed by atoms with Crippen molar-refractivity contribution in [3.05, 3.63) is 44.9 Å². The van der Waals surface area contributed by atoms with Gasteiger partial charge in [0.25, 0.3) is 0 Å². The van der Waals surface area contributed by atoms with Crippen LogP contribution in [0.4, 0.5) is 15.8 Å². The van der Waals surface area contributed by atoms with Gasteiger partial charge in [-0.2, -0.15) is 14.9 Å². The third-order valence-electron chi connectivity index (χ3n) is 1.85. The van der Waals surface area contributed by atoms with E-state index < -0.39 is 16.4 Å². The molecule has 6 nitrogen and oxygen atoms in total. The van der Waals surface area contributed by atoms with Crippen molar-refractivity contribution in [2.24, 2.45) is 0 Å². The topological polar surface area (TPSA) is 103 Å². The highest BCUT2D eigenvalue weighted by atomic mass is 35.5. The summed E-state index contributed by atoms with van der Waals surface area (Å²) in [4.78, 5) is 9.53. The standard InChI is InChI=1S/C10H4ClFN4O2/c11-7-1-10(16(17)18)8(12)2-9(7)15-5-6(3-13)4-14/h1-2,5,15H. The molecular weight excluding hydrogens is 263 g/mol.